The quantitative estimate of drug-likeness (QED) is 0.358. The van der Waals surface area contributed by atoms with E-state index < -0.39 is 18.1 Å². The van der Waals surface area contributed by atoms with E-state index >= 15 is 0 Å². The Morgan fingerprint density at radius 2 is 0.750 bits per heavy atom. The smallest absolute Gasteiger partial charge is 0.355 e. The molecule has 0 bridgehead atoms. The first-order valence-corrected chi connectivity index (χ1v) is 9.43. The van der Waals surface area contributed by atoms with E-state index in [9.17, 15) is 0 Å². The van der Waals surface area contributed by atoms with Gasteiger partial charge in [0.2, 0.25) is 0 Å². The van der Waals surface area contributed by atoms with Crippen molar-refractivity contribution >= 4 is 18.1 Å². The summed E-state index contributed by atoms with van der Waals surface area (Å²) >= 11 is 0. The van der Waals surface area contributed by atoms with Crippen LogP contribution in [-0.2, 0) is 35.4 Å². The molecule has 0 aliphatic rings. The summed E-state index contributed by atoms with van der Waals surface area (Å²) in [4.78, 5) is 0. The highest BCUT2D eigenvalue weighted by Gasteiger charge is 2.43. The summed E-state index contributed by atoms with van der Waals surface area (Å²) in [6.45, 7) is 0.902. The van der Waals surface area contributed by atoms with Crippen LogP contribution in [0.15, 0.2) is 0 Å². The van der Waals surface area contributed by atoms with Crippen LogP contribution in [-0.4, -0.2) is 74.0 Å². The van der Waals surface area contributed by atoms with Gasteiger partial charge in [0.1, 0.15) is 0 Å². The Labute approximate surface area is 123 Å². The highest BCUT2D eigenvalue weighted by atomic mass is 28.4. The fraction of sp³-hybridized carbons (Fsp3) is 1.00. The normalized spacial score (nSPS) is 12.9. The third-order valence-electron chi connectivity index (χ3n) is 2.60. The largest absolute Gasteiger partial charge is 0.678 e. The van der Waals surface area contributed by atoms with Crippen LogP contribution < -0.4 is 0 Å². The van der Waals surface area contributed by atoms with Gasteiger partial charge in [0.15, 0.2) is 0 Å². The third kappa shape index (κ3) is 6.26. The summed E-state index contributed by atoms with van der Waals surface area (Å²) in [5.41, 5.74) is 0. The zero-order chi connectivity index (χ0) is 15.5. The average molecular weight is 330 g/mol. The third-order valence-corrected chi connectivity index (χ3v) is 6.71. The van der Waals surface area contributed by atoms with E-state index in [1.165, 1.54) is 42.7 Å². The maximum atomic E-state index is 5.52. The van der Waals surface area contributed by atoms with E-state index in [2.05, 4.69) is 0 Å². The van der Waals surface area contributed by atoms with Gasteiger partial charge in [-0.05, 0) is 12.8 Å². The van der Waals surface area contributed by atoms with Gasteiger partial charge in [-0.15, -0.1) is 0 Å². The van der Waals surface area contributed by atoms with Gasteiger partial charge in [-0.3, -0.25) is 0 Å². The van der Waals surface area contributed by atoms with Crippen molar-refractivity contribution in [1.82, 2.24) is 0 Å². The van der Waals surface area contributed by atoms with E-state index in [1.54, 1.807) is 0 Å². The van der Waals surface area contributed by atoms with Crippen molar-refractivity contribution < 1.29 is 35.4 Å². The molecule has 0 atom stereocenters. The SMILES string of the molecule is CO[Si](OC)(OC)OCCCCO[Si](OC)(OC)OC. The molecule has 0 aliphatic carbocycles. The molecule has 0 aromatic rings. The van der Waals surface area contributed by atoms with Crippen LogP contribution in [0.3, 0.4) is 0 Å². The van der Waals surface area contributed by atoms with E-state index in [4.69, 9.17) is 35.4 Å². The van der Waals surface area contributed by atoms with Gasteiger partial charge in [-0.2, -0.15) is 0 Å². The lowest BCUT2D eigenvalue weighted by atomic mass is 10.3. The topological polar surface area (TPSA) is 73.8 Å². The van der Waals surface area contributed by atoms with E-state index in [0.29, 0.717) is 13.2 Å². The maximum Gasteiger partial charge on any atom is 0.678 e. The fourth-order valence-corrected chi connectivity index (χ4v) is 3.95. The predicted octanol–water partition coefficient (Wildman–Crippen LogP) is 0.549. The molecule has 0 aliphatic heterocycles. The van der Waals surface area contributed by atoms with E-state index in [1.807, 2.05) is 0 Å². The van der Waals surface area contributed by atoms with Gasteiger partial charge in [0.05, 0.1) is 0 Å². The highest BCUT2D eigenvalue weighted by Crippen LogP contribution is 2.11. The fourth-order valence-electron chi connectivity index (χ4n) is 1.45. The second-order valence-corrected chi connectivity index (χ2v) is 8.66. The van der Waals surface area contributed by atoms with Gasteiger partial charge in [0.25, 0.3) is 0 Å². The van der Waals surface area contributed by atoms with Crippen LogP contribution in [0.4, 0.5) is 0 Å². The molecule has 0 radical (unpaired) electrons. The van der Waals surface area contributed by atoms with Gasteiger partial charge < -0.3 is 35.4 Å². The van der Waals surface area contributed by atoms with Crippen molar-refractivity contribution in [2.24, 2.45) is 0 Å². The molecule has 10 heteroatoms. The van der Waals surface area contributed by atoms with Crippen LogP contribution in [0.25, 0.3) is 0 Å². The Kier molecular flexibility index (Phi) is 10.8. The minimum Gasteiger partial charge on any atom is -0.355 e. The summed E-state index contributed by atoms with van der Waals surface area (Å²) in [6.07, 6.45) is 1.51. The maximum absolute atomic E-state index is 5.52. The molecule has 0 aromatic carbocycles. The van der Waals surface area contributed by atoms with E-state index in [0.717, 1.165) is 12.8 Å². The van der Waals surface area contributed by atoms with E-state index in [-0.39, 0.29) is 0 Å². The predicted molar refractivity (Wildman–Crippen MR) is 74.7 cm³/mol. The van der Waals surface area contributed by atoms with Gasteiger partial charge >= 0.3 is 18.1 Å². The number of rotatable bonds is 13. The Bertz CT molecular complexity index is 195. The lowest BCUT2D eigenvalue weighted by molar-refractivity contribution is -0.00401. The Balaban J connectivity index is 3.87. The van der Waals surface area contributed by atoms with Crippen molar-refractivity contribution in [3.05, 3.63) is 0 Å². The first-order valence-electron chi connectivity index (χ1n) is 6.16. The van der Waals surface area contributed by atoms with Gasteiger partial charge in [-0.25, -0.2) is 0 Å². The molecule has 0 rings (SSSR count). The lowest BCUT2D eigenvalue weighted by Crippen LogP contribution is -2.47. The lowest BCUT2D eigenvalue weighted by Gasteiger charge is -2.24. The summed E-state index contributed by atoms with van der Waals surface area (Å²) in [5.74, 6) is 0. The molecule has 0 spiro atoms. The van der Waals surface area contributed by atoms with Crippen molar-refractivity contribution in [1.29, 1.82) is 0 Å². The van der Waals surface area contributed by atoms with Crippen molar-refractivity contribution in [2.75, 3.05) is 55.9 Å². The van der Waals surface area contributed by atoms with Gasteiger partial charge in [-0.1, -0.05) is 0 Å². The summed E-state index contributed by atoms with van der Waals surface area (Å²) in [7, 11) is 3.11. The first kappa shape index (κ1) is 20.1. The number of unbranched alkanes of at least 4 members (excludes halogenated alkanes) is 1. The Morgan fingerprint density at radius 1 is 0.500 bits per heavy atom. The molecule has 0 unspecified atom stereocenters. The Morgan fingerprint density at radius 3 is 0.950 bits per heavy atom. The summed E-state index contributed by atoms with van der Waals surface area (Å²) in [6, 6.07) is 0. The van der Waals surface area contributed by atoms with Crippen molar-refractivity contribution in [3.8, 4) is 0 Å². The standard InChI is InChI=1S/C10H26O8Si2/c1-11-19(12-2,13-3)17-9-7-8-10-18-20(14-4,15-5)16-6/h7-10H2,1-6H3. The molecule has 20 heavy (non-hydrogen) atoms. The van der Waals surface area contributed by atoms with Crippen LogP contribution in [0, 0.1) is 0 Å². The molecule has 0 N–H and O–H groups in total. The highest BCUT2D eigenvalue weighted by molar-refractivity contribution is 6.53. The van der Waals surface area contributed by atoms with Crippen molar-refractivity contribution in [3.63, 3.8) is 0 Å². The Hall–Kier alpha value is 0.114. The van der Waals surface area contributed by atoms with Crippen LogP contribution in [0.1, 0.15) is 12.8 Å². The first-order chi connectivity index (χ1) is 9.57. The molecule has 0 saturated heterocycles. The van der Waals surface area contributed by atoms with Crippen molar-refractivity contribution in [2.45, 2.75) is 12.8 Å². The summed E-state index contributed by atoms with van der Waals surface area (Å²) < 4.78 is 41.9. The second-order valence-electron chi connectivity index (χ2n) is 3.63. The number of hydrogen-bond donors (Lipinski definition) is 0. The molecular formula is C10H26O8Si2. The molecule has 0 amide bonds. The molecular weight excluding hydrogens is 304 g/mol. The molecule has 0 heterocycles. The zero-order valence-corrected chi connectivity index (χ0v) is 15.1. The molecule has 8 nitrogen and oxygen atoms in total. The molecule has 0 fully saturated rings. The van der Waals surface area contributed by atoms with Gasteiger partial charge in [0, 0.05) is 55.9 Å². The molecule has 0 aromatic heterocycles. The van der Waals surface area contributed by atoms with Crippen LogP contribution in [0.5, 0.6) is 0 Å². The zero-order valence-electron chi connectivity index (χ0n) is 13.1. The molecule has 0 saturated carbocycles. The van der Waals surface area contributed by atoms with Crippen LogP contribution in [0.2, 0.25) is 0 Å². The number of hydrogen-bond acceptors (Lipinski definition) is 8. The second kappa shape index (κ2) is 10.8. The average Bonchev–Trinajstić information content (AvgIpc) is 2.52. The minimum absolute atomic E-state index is 0.451. The molecule has 122 valence electrons. The monoisotopic (exact) mass is 330 g/mol. The summed E-state index contributed by atoms with van der Waals surface area (Å²) in [5, 5.41) is 0. The minimum atomic E-state index is -2.94. The van der Waals surface area contributed by atoms with Crippen LogP contribution >= 0.6 is 0 Å².